The summed E-state index contributed by atoms with van der Waals surface area (Å²) in [7, 11) is 0. The van der Waals surface area contributed by atoms with Crippen molar-refractivity contribution in [3.05, 3.63) is 64.0 Å². The maximum absolute atomic E-state index is 12.6. The van der Waals surface area contributed by atoms with Crippen LogP contribution in [0.25, 0.3) is 12.2 Å². The van der Waals surface area contributed by atoms with E-state index in [4.69, 9.17) is 4.42 Å². The Bertz CT molecular complexity index is 597. The van der Waals surface area contributed by atoms with Gasteiger partial charge in [0.15, 0.2) is 0 Å². The van der Waals surface area contributed by atoms with Crippen LogP contribution < -0.4 is 5.63 Å². The van der Waals surface area contributed by atoms with Gasteiger partial charge in [0.2, 0.25) is 0 Å². The molecule has 0 radical (unpaired) electrons. The molecule has 1 aromatic carbocycles. The third kappa shape index (κ3) is 3.04. The Morgan fingerprint density at radius 2 is 1.82 bits per heavy atom. The van der Waals surface area contributed by atoms with Crippen LogP contribution in [-0.2, 0) is 0 Å². The molecule has 1 heterocycles. The fraction of sp³-hybridized carbons (Fsp3) is 0. The van der Waals surface area contributed by atoms with Crippen LogP contribution in [0.5, 0.6) is 5.75 Å². The van der Waals surface area contributed by atoms with Gasteiger partial charge in [0.05, 0.1) is 6.07 Å². The molecule has 1 N–H and O–H groups in total. The molecule has 0 saturated carbocycles. The van der Waals surface area contributed by atoms with E-state index in [-0.39, 0.29) is 17.3 Å². The number of benzene rings is 1. The summed E-state index contributed by atoms with van der Waals surface area (Å²) in [5.41, 5.74) is 0.140. The zero-order valence-corrected chi connectivity index (χ0v) is 8.76. The Labute approximate surface area is 96.5 Å². The Morgan fingerprint density at radius 1 is 1.12 bits per heavy atom. The van der Waals surface area contributed by atoms with Gasteiger partial charge in [0.25, 0.3) is 0 Å². The second-order valence-corrected chi connectivity index (χ2v) is 3.42. The molecule has 17 heavy (non-hydrogen) atoms. The Morgan fingerprint density at radius 3 is 2.47 bits per heavy atom. The number of halogens is 1. The van der Waals surface area contributed by atoms with Gasteiger partial charge in [-0.1, -0.05) is 18.2 Å². The number of aromatic hydroxyl groups is 1. The monoisotopic (exact) mass is 232 g/mol. The molecule has 0 atom stereocenters. The SMILES string of the molecule is O=c1cc(O)cc(/C=C/c2ccc(F)cc2)o1. The summed E-state index contributed by atoms with van der Waals surface area (Å²) in [5, 5.41) is 9.18. The van der Waals surface area contributed by atoms with Crippen LogP contribution in [0.3, 0.4) is 0 Å². The topological polar surface area (TPSA) is 50.4 Å². The normalized spacial score (nSPS) is 10.9. The minimum Gasteiger partial charge on any atom is -0.508 e. The van der Waals surface area contributed by atoms with Crippen LogP contribution in [0.2, 0.25) is 0 Å². The first-order valence-electron chi connectivity index (χ1n) is 4.91. The molecule has 0 aliphatic rings. The molecular weight excluding hydrogens is 223 g/mol. The van der Waals surface area contributed by atoms with Crippen molar-refractivity contribution >= 4 is 12.2 Å². The van der Waals surface area contributed by atoms with Gasteiger partial charge < -0.3 is 9.52 Å². The molecule has 4 heteroatoms. The van der Waals surface area contributed by atoms with E-state index in [0.717, 1.165) is 11.6 Å². The molecular formula is C13H9FO3. The van der Waals surface area contributed by atoms with E-state index in [1.165, 1.54) is 24.3 Å². The average molecular weight is 232 g/mol. The van der Waals surface area contributed by atoms with Crippen LogP contribution in [0, 0.1) is 5.82 Å². The molecule has 0 spiro atoms. The molecule has 2 rings (SSSR count). The minimum atomic E-state index is -0.622. The summed E-state index contributed by atoms with van der Waals surface area (Å²) >= 11 is 0. The number of rotatable bonds is 2. The van der Waals surface area contributed by atoms with Gasteiger partial charge in [-0.05, 0) is 23.8 Å². The van der Waals surface area contributed by atoms with Gasteiger partial charge in [-0.2, -0.15) is 0 Å². The van der Waals surface area contributed by atoms with E-state index in [9.17, 15) is 14.3 Å². The summed E-state index contributed by atoms with van der Waals surface area (Å²) in [6.45, 7) is 0. The molecule has 1 aromatic heterocycles. The van der Waals surface area contributed by atoms with Gasteiger partial charge in [0, 0.05) is 6.07 Å². The molecule has 0 aliphatic carbocycles. The molecule has 2 aromatic rings. The molecule has 0 saturated heterocycles. The molecule has 0 amide bonds. The highest BCUT2D eigenvalue weighted by Gasteiger charge is 1.96. The molecule has 0 aliphatic heterocycles. The standard InChI is InChI=1S/C13H9FO3/c14-10-4-1-9(2-5-10)3-6-12-7-11(15)8-13(16)17-12/h1-8,15H/b6-3+. The summed E-state index contributed by atoms with van der Waals surface area (Å²) in [4.78, 5) is 11.0. The average Bonchev–Trinajstić information content (AvgIpc) is 2.27. The Balaban J connectivity index is 2.25. The van der Waals surface area contributed by atoms with Crippen LogP contribution in [-0.4, -0.2) is 5.11 Å². The Hall–Kier alpha value is -2.36. The minimum absolute atomic E-state index is 0.153. The van der Waals surface area contributed by atoms with Crippen molar-refractivity contribution in [1.82, 2.24) is 0 Å². The first-order valence-corrected chi connectivity index (χ1v) is 4.91. The molecule has 3 nitrogen and oxygen atoms in total. The molecule has 0 unspecified atom stereocenters. The lowest BCUT2D eigenvalue weighted by Crippen LogP contribution is -1.95. The smallest absolute Gasteiger partial charge is 0.339 e. The third-order valence-corrected chi connectivity index (χ3v) is 2.08. The lowest BCUT2D eigenvalue weighted by molar-refractivity contribution is 0.444. The molecule has 0 fully saturated rings. The summed E-state index contributed by atoms with van der Waals surface area (Å²) < 4.78 is 17.5. The highest BCUT2D eigenvalue weighted by molar-refractivity contribution is 5.67. The second kappa shape index (κ2) is 4.65. The van der Waals surface area contributed by atoms with E-state index < -0.39 is 5.63 Å². The van der Waals surface area contributed by atoms with E-state index in [0.29, 0.717) is 0 Å². The lowest BCUT2D eigenvalue weighted by Gasteiger charge is -1.95. The summed E-state index contributed by atoms with van der Waals surface area (Å²) in [6.07, 6.45) is 3.17. The van der Waals surface area contributed by atoms with Crippen LogP contribution in [0.1, 0.15) is 11.3 Å². The first kappa shape index (κ1) is 11.1. The molecule has 0 bridgehead atoms. The van der Waals surface area contributed by atoms with E-state index in [2.05, 4.69) is 0 Å². The zero-order valence-electron chi connectivity index (χ0n) is 8.76. The van der Waals surface area contributed by atoms with Crippen LogP contribution in [0.4, 0.5) is 4.39 Å². The van der Waals surface area contributed by atoms with E-state index in [1.807, 2.05) is 0 Å². The van der Waals surface area contributed by atoms with E-state index in [1.54, 1.807) is 18.2 Å². The second-order valence-electron chi connectivity index (χ2n) is 3.42. The van der Waals surface area contributed by atoms with Gasteiger partial charge in [0.1, 0.15) is 17.3 Å². The van der Waals surface area contributed by atoms with Crippen molar-refractivity contribution in [2.24, 2.45) is 0 Å². The number of hydrogen-bond donors (Lipinski definition) is 1. The molecule has 86 valence electrons. The summed E-state index contributed by atoms with van der Waals surface area (Å²) in [6, 6.07) is 8.15. The number of hydrogen-bond acceptors (Lipinski definition) is 3. The van der Waals surface area contributed by atoms with Gasteiger partial charge in [-0.15, -0.1) is 0 Å². The largest absolute Gasteiger partial charge is 0.508 e. The van der Waals surface area contributed by atoms with Gasteiger partial charge >= 0.3 is 5.63 Å². The summed E-state index contributed by atoms with van der Waals surface area (Å²) in [5.74, 6) is -0.231. The quantitative estimate of drug-likeness (QED) is 0.865. The fourth-order valence-corrected chi connectivity index (χ4v) is 1.32. The predicted molar refractivity (Wildman–Crippen MR) is 62.0 cm³/mol. The van der Waals surface area contributed by atoms with Crippen LogP contribution >= 0.6 is 0 Å². The van der Waals surface area contributed by atoms with E-state index >= 15 is 0 Å². The zero-order chi connectivity index (χ0) is 12.3. The van der Waals surface area contributed by atoms with Gasteiger partial charge in [-0.3, -0.25) is 0 Å². The van der Waals surface area contributed by atoms with Crippen molar-refractivity contribution in [3.8, 4) is 5.75 Å². The van der Waals surface area contributed by atoms with Crippen LogP contribution in [0.15, 0.2) is 45.6 Å². The highest BCUT2D eigenvalue weighted by Crippen LogP contribution is 2.12. The Kier molecular flexibility index (Phi) is 3.05. The van der Waals surface area contributed by atoms with Gasteiger partial charge in [-0.25, -0.2) is 9.18 Å². The van der Waals surface area contributed by atoms with Crippen molar-refractivity contribution in [2.75, 3.05) is 0 Å². The van der Waals surface area contributed by atoms with Crippen molar-refractivity contribution in [3.63, 3.8) is 0 Å². The lowest BCUT2D eigenvalue weighted by atomic mass is 10.2. The van der Waals surface area contributed by atoms with Crippen molar-refractivity contribution in [2.45, 2.75) is 0 Å². The fourth-order valence-electron chi connectivity index (χ4n) is 1.32. The highest BCUT2D eigenvalue weighted by atomic mass is 19.1. The maximum Gasteiger partial charge on any atom is 0.339 e. The van der Waals surface area contributed by atoms with Crippen molar-refractivity contribution in [1.29, 1.82) is 0 Å². The van der Waals surface area contributed by atoms with Crippen molar-refractivity contribution < 1.29 is 13.9 Å². The third-order valence-electron chi connectivity index (χ3n) is 2.08. The first-order chi connectivity index (χ1) is 8.13. The predicted octanol–water partition coefficient (Wildman–Crippen LogP) is 2.65. The maximum atomic E-state index is 12.6.